The summed E-state index contributed by atoms with van der Waals surface area (Å²) in [6.07, 6.45) is 0.213. The van der Waals surface area contributed by atoms with Crippen molar-refractivity contribution < 1.29 is 14.3 Å². The van der Waals surface area contributed by atoms with Gasteiger partial charge in [0.25, 0.3) is 0 Å². The molecule has 136 valence electrons. The Balaban J connectivity index is 1.88. The molecule has 3 N–H and O–H groups in total. The predicted octanol–water partition coefficient (Wildman–Crippen LogP) is 2.79. The molecule has 0 radical (unpaired) electrons. The number of aromatic nitrogens is 2. The van der Waals surface area contributed by atoms with Gasteiger partial charge in [-0.05, 0) is 44.9 Å². The largest absolute Gasteiger partial charge is 0.444 e. The van der Waals surface area contributed by atoms with Crippen molar-refractivity contribution >= 4 is 12.0 Å². The highest BCUT2D eigenvalue weighted by Gasteiger charge is 2.15. The summed E-state index contributed by atoms with van der Waals surface area (Å²) < 4.78 is 10.8. The maximum Gasteiger partial charge on any atom is 0.407 e. The first-order valence-corrected chi connectivity index (χ1v) is 8.03. The van der Waals surface area contributed by atoms with Crippen LogP contribution in [-0.4, -0.2) is 28.2 Å². The van der Waals surface area contributed by atoms with E-state index in [-0.39, 0.29) is 17.5 Å². The van der Waals surface area contributed by atoms with E-state index >= 15 is 0 Å². The van der Waals surface area contributed by atoms with Crippen molar-refractivity contribution in [2.24, 2.45) is 0 Å². The van der Waals surface area contributed by atoms with E-state index in [9.17, 15) is 4.79 Å². The molecule has 0 aliphatic rings. The van der Waals surface area contributed by atoms with E-state index < -0.39 is 11.7 Å². The summed E-state index contributed by atoms with van der Waals surface area (Å²) in [6.45, 7) is 5.91. The number of carbonyl (C=O) groups excluding carboxylic acids is 1. The Bertz CT molecular complexity index is 807. The minimum Gasteiger partial charge on any atom is -0.444 e. The van der Waals surface area contributed by atoms with Crippen molar-refractivity contribution in [1.82, 2.24) is 15.3 Å². The quantitative estimate of drug-likeness (QED) is 0.845. The molecule has 1 heterocycles. The van der Waals surface area contributed by atoms with E-state index in [1.165, 1.54) is 6.07 Å². The second kappa shape index (κ2) is 8.16. The van der Waals surface area contributed by atoms with Gasteiger partial charge in [-0.15, -0.1) is 0 Å². The minimum atomic E-state index is -0.515. The predicted molar refractivity (Wildman–Crippen MR) is 95.6 cm³/mol. The molecule has 2 aromatic rings. The average molecular weight is 355 g/mol. The summed E-state index contributed by atoms with van der Waals surface area (Å²) in [5, 5.41) is 11.6. The number of benzene rings is 1. The van der Waals surface area contributed by atoms with Crippen molar-refractivity contribution in [2.75, 3.05) is 12.3 Å². The molecular weight excluding hydrogens is 334 g/mol. The van der Waals surface area contributed by atoms with Crippen LogP contribution in [0, 0.1) is 11.3 Å². The maximum atomic E-state index is 11.6. The number of alkyl carbamates (subject to hydrolysis) is 1. The van der Waals surface area contributed by atoms with Crippen molar-refractivity contribution in [2.45, 2.75) is 32.8 Å². The first-order valence-electron chi connectivity index (χ1n) is 8.03. The van der Waals surface area contributed by atoms with Crippen LogP contribution in [0.2, 0.25) is 0 Å². The third-order valence-electron chi connectivity index (χ3n) is 3.06. The van der Waals surface area contributed by atoms with Crippen LogP contribution < -0.4 is 15.8 Å². The number of anilines is 1. The lowest BCUT2D eigenvalue weighted by Crippen LogP contribution is -2.33. The molecule has 8 heteroatoms. The zero-order valence-corrected chi connectivity index (χ0v) is 14.9. The lowest BCUT2D eigenvalue weighted by atomic mass is 10.1. The van der Waals surface area contributed by atoms with Gasteiger partial charge in [0.05, 0.1) is 0 Å². The van der Waals surface area contributed by atoms with Gasteiger partial charge in [0.1, 0.15) is 23.1 Å². The summed E-state index contributed by atoms with van der Waals surface area (Å²) in [7, 11) is 0. The number of ether oxygens (including phenoxy) is 2. The van der Waals surface area contributed by atoms with Crippen molar-refractivity contribution in [3.63, 3.8) is 0 Å². The smallest absolute Gasteiger partial charge is 0.407 e. The number of nitrogens with zero attached hydrogens (tertiary/aromatic N) is 3. The number of carbonyl (C=O) groups is 1. The van der Waals surface area contributed by atoms with Crippen LogP contribution in [0.25, 0.3) is 0 Å². The van der Waals surface area contributed by atoms with Crippen LogP contribution in [0.1, 0.15) is 32.0 Å². The van der Waals surface area contributed by atoms with Crippen molar-refractivity contribution in [3.8, 4) is 17.7 Å². The summed E-state index contributed by atoms with van der Waals surface area (Å²) in [5.41, 5.74) is 6.18. The zero-order valence-electron chi connectivity index (χ0n) is 14.9. The Morgan fingerprint density at radius 2 is 1.96 bits per heavy atom. The van der Waals surface area contributed by atoms with Crippen molar-refractivity contribution in [1.29, 1.82) is 5.26 Å². The monoisotopic (exact) mass is 355 g/mol. The highest BCUT2D eigenvalue weighted by molar-refractivity contribution is 5.67. The van der Waals surface area contributed by atoms with E-state index in [2.05, 4.69) is 15.3 Å². The highest BCUT2D eigenvalue weighted by Crippen LogP contribution is 2.21. The van der Waals surface area contributed by atoms with Gasteiger partial charge in [0, 0.05) is 12.6 Å². The molecular formula is C18H21N5O3. The molecule has 1 amide bonds. The molecule has 1 aromatic heterocycles. The van der Waals surface area contributed by atoms with Gasteiger partial charge >= 0.3 is 6.09 Å². The first kappa shape index (κ1) is 19.0. The van der Waals surface area contributed by atoms with Crippen LogP contribution in [0.4, 0.5) is 10.7 Å². The average Bonchev–Trinajstić information content (AvgIpc) is 2.54. The number of nitrogens with two attached hydrogens (primary N) is 1. The summed E-state index contributed by atoms with van der Waals surface area (Å²) in [6, 6.07) is 10.6. The fourth-order valence-electron chi connectivity index (χ4n) is 2.02. The number of nitrogen functional groups attached to an aromatic ring is 1. The number of hydrogen-bond donors (Lipinski definition) is 2. The van der Waals surface area contributed by atoms with Gasteiger partial charge in [-0.1, -0.05) is 12.1 Å². The number of amides is 1. The van der Waals surface area contributed by atoms with Crippen LogP contribution >= 0.6 is 0 Å². The van der Waals surface area contributed by atoms with Crippen LogP contribution in [0.5, 0.6) is 11.6 Å². The normalized spacial score (nSPS) is 10.7. The van der Waals surface area contributed by atoms with Gasteiger partial charge in [-0.2, -0.15) is 10.2 Å². The zero-order chi connectivity index (χ0) is 19.2. The minimum absolute atomic E-state index is 0.0242. The van der Waals surface area contributed by atoms with Crippen LogP contribution in [0.15, 0.2) is 30.3 Å². The number of rotatable bonds is 5. The molecule has 0 unspecified atom stereocenters. The Morgan fingerprint density at radius 3 is 2.58 bits per heavy atom. The van der Waals surface area contributed by atoms with E-state index in [1.54, 1.807) is 12.1 Å². The SMILES string of the molecule is CC(C)(C)OC(=O)NCCc1ccc(Oc2cc(C#N)nc(N)n2)cc1. The number of nitriles is 1. The molecule has 0 aliphatic carbocycles. The van der Waals surface area contributed by atoms with Crippen molar-refractivity contribution in [3.05, 3.63) is 41.6 Å². The molecule has 0 aliphatic heterocycles. The molecule has 0 fully saturated rings. The molecule has 0 spiro atoms. The second-order valence-corrected chi connectivity index (χ2v) is 6.49. The lowest BCUT2D eigenvalue weighted by molar-refractivity contribution is 0.0528. The highest BCUT2D eigenvalue weighted by atomic mass is 16.6. The summed E-state index contributed by atoms with van der Waals surface area (Å²) in [5.74, 6) is 0.730. The van der Waals surface area contributed by atoms with Gasteiger partial charge in [0.15, 0.2) is 0 Å². The third kappa shape index (κ3) is 6.28. The van der Waals surface area contributed by atoms with Crippen LogP contribution in [-0.2, 0) is 11.2 Å². The Labute approximate surface area is 152 Å². The standard InChI is InChI=1S/C18H21N5O3/c1-18(2,3)26-17(24)21-9-8-12-4-6-14(7-5-12)25-15-10-13(11-19)22-16(20)23-15/h4-7,10H,8-9H2,1-3H3,(H,21,24)(H2,20,22,23). The molecule has 1 aromatic carbocycles. The topological polar surface area (TPSA) is 123 Å². The van der Waals surface area contributed by atoms with Gasteiger partial charge in [-0.25, -0.2) is 9.78 Å². The molecule has 0 atom stereocenters. The Kier molecular flexibility index (Phi) is 5.96. The first-order chi connectivity index (χ1) is 12.2. The maximum absolute atomic E-state index is 11.6. The van der Waals surface area contributed by atoms with E-state index in [0.29, 0.717) is 18.7 Å². The van der Waals surface area contributed by atoms with E-state index in [1.807, 2.05) is 39.0 Å². The summed E-state index contributed by atoms with van der Waals surface area (Å²) >= 11 is 0. The fraction of sp³-hybridized carbons (Fsp3) is 0.333. The Hall–Kier alpha value is -3.34. The van der Waals surface area contributed by atoms with Crippen LogP contribution in [0.3, 0.4) is 0 Å². The molecule has 0 saturated heterocycles. The van der Waals surface area contributed by atoms with E-state index in [4.69, 9.17) is 20.5 Å². The molecule has 0 saturated carbocycles. The fourth-order valence-corrected chi connectivity index (χ4v) is 2.02. The van der Waals surface area contributed by atoms with Gasteiger partial charge in [0.2, 0.25) is 11.8 Å². The molecule has 0 bridgehead atoms. The second-order valence-electron chi connectivity index (χ2n) is 6.49. The van der Waals surface area contributed by atoms with Gasteiger partial charge < -0.3 is 20.5 Å². The van der Waals surface area contributed by atoms with E-state index in [0.717, 1.165) is 5.56 Å². The number of hydrogen-bond acceptors (Lipinski definition) is 7. The molecule has 8 nitrogen and oxygen atoms in total. The summed E-state index contributed by atoms with van der Waals surface area (Å²) in [4.78, 5) is 19.3. The Morgan fingerprint density at radius 1 is 1.27 bits per heavy atom. The third-order valence-corrected chi connectivity index (χ3v) is 3.06. The molecule has 2 rings (SSSR count). The lowest BCUT2D eigenvalue weighted by Gasteiger charge is -2.19. The number of nitrogens with one attached hydrogen (secondary N) is 1. The van der Waals surface area contributed by atoms with Gasteiger partial charge in [-0.3, -0.25) is 0 Å². The molecule has 26 heavy (non-hydrogen) atoms.